The third-order valence-electron chi connectivity index (χ3n) is 2.59. The van der Waals surface area contributed by atoms with Gasteiger partial charge in [-0.2, -0.15) is 5.10 Å². The van der Waals surface area contributed by atoms with Crippen LogP contribution in [0.1, 0.15) is 38.1 Å². The van der Waals surface area contributed by atoms with Crippen molar-refractivity contribution in [2.24, 2.45) is 5.73 Å². The number of amides is 1. The minimum atomic E-state index is -0.445. The molecule has 0 aliphatic heterocycles. The van der Waals surface area contributed by atoms with E-state index in [9.17, 15) is 4.79 Å². The summed E-state index contributed by atoms with van der Waals surface area (Å²) in [6, 6.07) is 2.05. The molecule has 5 nitrogen and oxygen atoms in total. The van der Waals surface area contributed by atoms with Crippen molar-refractivity contribution in [1.29, 1.82) is 0 Å². The molecule has 102 valence electrons. The van der Waals surface area contributed by atoms with Gasteiger partial charge in [0.05, 0.1) is 5.69 Å². The molecule has 0 saturated heterocycles. The summed E-state index contributed by atoms with van der Waals surface area (Å²) in [6.07, 6.45) is 1.23. The molecule has 1 aromatic heterocycles. The summed E-state index contributed by atoms with van der Waals surface area (Å²) >= 11 is 0. The van der Waals surface area contributed by atoms with Crippen LogP contribution in [0.4, 0.5) is 0 Å². The highest BCUT2D eigenvalue weighted by atomic mass is 16.1. The van der Waals surface area contributed by atoms with Crippen LogP contribution >= 0.6 is 0 Å². The third kappa shape index (κ3) is 5.31. The van der Waals surface area contributed by atoms with Crippen LogP contribution in [0.5, 0.6) is 0 Å². The molecular weight excluding hydrogens is 228 g/mol. The fourth-order valence-electron chi connectivity index (χ4n) is 1.83. The van der Waals surface area contributed by atoms with E-state index in [0.717, 1.165) is 24.4 Å². The summed E-state index contributed by atoms with van der Waals surface area (Å²) in [6.45, 7) is 9.20. The number of carbonyl (C=O) groups excluding carboxylic acids is 1. The van der Waals surface area contributed by atoms with Crippen LogP contribution in [0, 0.1) is 13.8 Å². The maximum Gasteiger partial charge on any atom is 0.221 e. The van der Waals surface area contributed by atoms with Crippen molar-refractivity contribution in [3.8, 4) is 0 Å². The van der Waals surface area contributed by atoms with Crippen LogP contribution in [0.2, 0.25) is 0 Å². The van der Waals surface area contributed by atoms with Crippen molar-refractivity contribution in [2.45, 2.75) is 52.6 Å². The topological polar surface area (TPSA) is 72.9 Å². The van der Waals surface area contributed by atoms with Gasteiger partial charge in [-0.05, 0) is 40.2 Å². The lowest BCUT2D eigenvalue weighted by molar-refractivity contribution is -0.122. The molecule has 0 aliphatic carbocycles. The first-order valence-electron chi connectivity index (χ1n) is 6.34. The van der Waals surface area contributed by atoms with Gasteiger partial charge in [-0.25, -0.2) is 0 Å². The highest BCUT2D eigenvalue weighted by Gasteiger charge is 2.15. The second-order valence-corrected chi connectivity index (χ2v) is 5.52. The Hall–Kier alpha value is -1.36. The molecule has 0 spiro atoms. The number of rotatable bonds is 6. The largest absolute Gasteiger partial charge is 0.356 e. The fraction of sp³-hybridized carbons (Fsp3) is 0.692. The Morgan fingerprint density at radius 3 is 2.67 bits per heavy atom. The molecule has 1 amide bonds. The lowest BCUT2D eigenvalue weighted by Crippen LogP contribution is -2.39. The van der Waals surface area contributed by atoms with Gasteiger partial charge in [-0.3, -0.25) is 9.48 Å². The van der Waals surface area contributed by atoms with Gasteiger partial charge in [-0.15, -0.1) is 0 Å². The van der Waals surface area contributed by atoms with E-state index in [1.165, 1.54) is 0 Å². The zero-order chi connectivity index (χ0) is 13.8. The van der Waals surface area contributed by atoms with Crippen molar-refractivity contribution >= 4 is 5.91 Å². The average molecular weight is 252 g/mol. The number of aryl methyl sites for hydroxylation is 3. The first-order valence-corrected chi connectivity index (χ1v) is 6.34. The summed E-state index contributed by atoms with van der Waals surface area (Å²) < 4.78 is 1.97. The number of nitrogens with two attached hydrogens (primary N) is 1. The van der Waals surface area contributed by atoms with E-state index in [1.807, 2.05) is 32.4 Å². The quantitative estimate of drug-likeness (QED) is 0.746. The van der Waals surface area contributed by atoms with E-state index in [-0.39, 0.29) is 5.91 Å². The monoisotopic (exact) mass is 252 g/mol. The second kappa shape index (κ2) is 6.00. The van der Waals surface area contributed by atoms with Crippen LogP contribution in [0.3, 0.4) is 0 Å². The van der Waals surface area contributed by atoms with Crippen molar-refractivity contribution in [3.63, 3.8) is 0 Å². The van der Waals surface area contributed by atoms with E-state index in [0.29, 0.717) is 13.0 Å². The summed E-state index contributed by atoms with van der Waals surface area (Å²) in [7, 11) is 0. The van der Waals surface area contributed by atoms with Gasteiger partial charge in [0.2, 0.25) is 5.91 Å². The normalized spacial score (nSPS) is 11.6. The Morgan fingerprint density at radius 2 is 2.17 bits per heavy atom. The molecule has 0 bridgehead atoms. The van der Waals surface area contributed by atoms with Gasteiger partial charge < -0.3 is 11.1 Å². The van der Waals surface area contributed by atoms with Gasteiger partial charge in [0.25, 0.3) is 0 Å². The zero-order valence-electron chi connectivity index (χ0n) is 11.8. The van der Waals surface area contributed by atoms with E-state index in [4.69, 9.17) is 5.73 Å². The lowest BCUT2D eigenvalue weighted by atomic mass is 10.0. The Bertz CT molecular complexity index is 404. The maximum absolute atomic E-state index is 11.5. The Labute approximate surface area is 109 Å². The number of nitrogens with one attached hydrogen (secondary N) is 1. The van der Waals surface area contributed by atoms with Crippen LogP contribution in [-0.2, 0) is 11.3 Å². The van der Waals surface area contributed by atoms with Gasteiger partial charge in [0, 0.05) is 30.7 Å². The molecule has 18 heavy (non-hydrogen) atoms. The van der Waals surface area contributed by atoms with Crippen molar-refractivity contribution in [3.05, 3.63) is 17.5 Å². The van der Waals surface area contributed by atoms with E-state index >= 15 is 0 Å². The molecule has 0 aromatic carbocycles. The molecule has 5 heteroatoms. The van der Waals surface area contributed by atoms with Crippen LogP contribution in [0.15, 0.2) is 6.07 Å². The van der Waals surface area contributed by atoms with Crippen molar-refractivity contribution < 1.29 is 4.79 Å². The fourth-order valence-corrected chi connectivity index (χ4v) is 1.83. The van der Waals surface area contributed by atoms with Gasteiger partial charge >= 0.3 is 0 Å². The molecule has 0 saturated carbocycles. The maximum atomic E-state index is 11.5. The molecule has 0 aliphatic rings. The molecule has 1 rings (SSSR count). The van der Waals surface area contributed by atoms with E-state index < -0.39 is 5.54 Å². The molecule has 3 N–H and O–H groups in total. The number of carbonyl (C=O) groups is 1. The molecule has 0 fully saturated rings. The standard InChI is InChI=1S/C13H24N4O/c1-10-8-11(2)17(16-10)7-5-6-15-12(18)9-13(3,4)14/h8H,5-7,9,14H2,1-4H3,(H,15,18). The highest BCUT2D eigenvalue weighted by molar-refractivity contribution is 5.76. The van der Waals surface area contributed by atoms with E-state index in [1.54, 1.807) is 0 Å². The van der Waals surface area contributed by atoms with Crippen molar-refractivity contribution in [2.75, 3.05) is 6.54 Å². The van der Waals surface area contributed by atoms with Gasteiger partial charge in [0.15, 0.2) is 0 Å². The van der Waals surface area contributed by atoms with Crippen molar-refractivity contribution in [1.82, 2.24) is 15.1 Å². The molecule has 1 aromatic rings. The average Bonchev–Trinajstić information content (AvgIpc) is 2.49. The predicted molar refractivity (Wildman–Crippen MR) is 72.2 cm³/mol. The Morgan fingerprint density at radius 1 is 1.50 bits per heavy atom. The first kappa shape index (κ1) is 14.7. The number of hydrogen-bond acceptors (Lipinski definition) is 3. The van der Waals surface area contributed by atoms with Gasteiger partial charge in [0.1, 0.15) is 0 Å². The molecule has 0 radical (unpaired) electrons. The van der Waals surface area contributed by atoms with Gasteiger partial charge in [-0.1, -0.05) is 0 Å². The molecule has 0 atom stereocenters. The summed E-state index contributed by atoms with van der Waals surface area (Å²) in [4.78, 5) is 11.5. The molecule has 0 unspecified atom stereocenters. The van der Waals surface area contributed by atoms with Crippen LogP contribution in [0.25, 0.3) is 0 Å². The SMILES string of the molecule is Cc1cc(C)n(CCCNC(=O)CC(C)(C)N)n1. The zero-order valence-corrected chi connectivity index (χ0v) is 11.8. The number of nitrogens with zero attached hydrogens (tertiary/aromatic N) is 2. The Kier molecular flexibility index (Phi) is 4.90. The third-order valence-corrected chi connectivity index (χ3v) is 2.59. The predicted octanol–water partition coefficient (Wildman–Crippen LogP) is 1.13. The van der Waals surface area contributed by atoms with Crippen LogP contribution < -0.4 is 11.1 Å². The van der Waals surface area contributed by atoms with Crippen LogP contribution in [-0.4, -0.2) is 27.8 Å². The minimum Gasteiger partial charge on any atom is -0.356 e. The number of aromatic nitrogens is 2. The second-order valence-electron chi connectivity index (χ2n) is 5.52. The lowest BCUT2D eigenvalue weighted by Gasteiger charge is -2.17. The highest BCUT2D eigenvalue weighted by Crippen LogP contribution is 2.03. The molecule has 1 heterocycles. The summed E-state index contributed by atoms with van der Waals surface area (Å²) in [5.74, 6) is 0.0101. The number of hydrogen-bond donors (Lipinski definition) is 2. The first-order chi connectivity index (χ1) is 8.28. The van der Waals surface area contributed by atoms with E-state index in [2.05, 4.69) is 16.5 Å². The smallest absolute Gasteiger partial charge is 0.221 e. The summed E-state index contributed by atoms with van der Waals surface area (Å²) in [5.41, 5.74) is 7.52. The Balaban J connectivity index is 2.23. The minimum absolute atomic E-state index is 0.0101. The molecular formula is C13H24N4O. The summed E-state index contributed by atoms with van der Waals surface area (Å²) in [5, 5.41) is 7.25.